The van der Waals surface area contributed by atoms with E-state index in [1.165, 1.54) is 11.0 Å². The lowest BCUT2D eigenvalue weighted by Crippen LogP contribution is -2.48. The lowest BCUT2D eigenvalue weighted by atomic mass is 9.62. The van der Waals surface area contributed by atoms with E-state index in [1.807, 2.05) is 50.6 Å². The van der Waals surface area contributed by atoms with Crippen molar-refractivity contribution in [3.05, 3.63) is 76.4 Å². The molecule has 2 aromatic carbocycles. The number of halogens is 3. The Morgan fingerprint density at radius 2 is 1.77 bits per heavy atom. The summed E-state index contributed by atoms with van der Waals surface area (Å²) in [4.78, 5) is 15.3. The molecule has 5 rings (SSSR count). The highest BCUT2D eigenvalue weighted by Crippen LogP contribution is 2.50. The Balaban J connectivity index is 1.57. The number of fused-ring (bicyclic) bond motifs is 1. The molecule has 0 radical (unpaired) electrons. The summed E-state index contributed by atoms with van der Waals surface area (Å²) in [6.07, 6.45) is -1.72. The summed E-state index contributed by atoms with van der Waals surface area (Å²) in [5, 5.41) is 8.44. The molecule has 238 valence electrons. The van der Waals surface area contributed by atoms with Gasteiger partial charge in [-0.3, -0.25) is 4.79 Å². The van der Waals surface area contributed by atoms with Gasteiger partial charge in [0.15, 0.2) is 0 Å². The summed E-state index contributed by atoms with van der Waals surface area (Å²) in [5.74, 6) is 0.251. The van der Waals surface area contributed by atoms with Gasteiger partial charge in [-0.15, -0.1) is 10.2 Å². The van der Waals surface area contributed by atoms with E-state index in [9.17, 15) is 22.2 Å². The zero-order valence-corrected chi connectivity index (χ0v) is 27.2. The molecule has 2 aliphatic rings. The first-order valence-corrected chi connectivity index (χ1v) is 15.7. The Morgan fingerprint density at radius 1 is 1.09 bits per heavy atom. The van der Waals surface area contributed by atoms with Crippen LogP contribution in [-0.2, 0) is 40.9 Å². The molecule has 0 bridgehead atoms. The van der Waals surface area contributed by atoms with Gasteiger partial charge in [0, 0.05) is 31.5 Å². The van der Waals surface area contributed by atoms with Crippen LogP contribution < -0.4 is 9.62 Å². The smallest absolute Gasteiger partial charge is 0.381 e. The summed E-state index contributed by atoms with van der Waals surface area (Å²) in [5.41, 5.74) is -0.364. The van der Waals surface area contributed by atoms with E-state index in [0.717, 1.165) is 17.5 Å². The van der Waals surface area contributed by atoms with E-state index in [2.05, 4.69) is 14.9 Å². The van der Waals surface area contributed by atoms with Crippen molar-refractivity contribution in [2.75, 3.05) is 12.0 Å². The molecule has 2 heterocycles. The number of hydrogen-bond donors (Lipinski definition) is 1. The van der Waals surface area contributed by atoms with Crippen LogP contribution in [0.15, 0.2) is 42.7 Å². The van der Waals surface area contributed by atoms with Gasteiger partial charge in [-0.2, -0.15) is 13.2 Å². The van der Waals surface area contributed by atoms with Crippen molar-refractivity contribution < 1.29 is 26.9 Å². The minimum absolute atomic E-state index is 0.00363. The number of methoxy groups -OCH3 is 1. The Kier molecular flexibility index (Phi) is 8.12. The summed E-state index contributed by atoms with van der Waals surface area (Å²) >= 11 is 0. The fraction of sp³-hybridized carbons (Fsp3) is 0.531. The van der Waals surface area contributed by atoms with Crippen LogP contribution in [0.5, 0.6) is 0 Å². The van der Waals surface area contributed by atoms with Crippen molar-refractivity contribution in [3.8, 4) is 0 Å². The summed E-state index contributed by atoms with van der Waals surface area (Å²) in [6.45, 7) is 10.8. The molecule has 1 amide bonds. The molecule has 1 aliphatic heterocycles. The van der Waals surface area contributed by atoms with E-state index in [0.29, 0.717) is 18.5 Å². The number of carbonyl (C=O) groups excluding carboxylic acids is 1. The monoisotopic (exact) mass is 631 g/mol. The number of aromatic nitrogens is 3. The molecule has 1 N–H and O–H groups in total. The topological polar surface area (TPSA) is 89.3 Å². The van der Waals surface area contributed by atoms with E-state index in [4.69, 9.17) is 4.74 Å². The van der Waals surface area contributed by atoms with Crippen LogP contribution in [-0.4, -0.2) is 42.8 Å². The third kappa shape index (κ3) is 5.72. The van der Waals surface area contributed by atoms with Gasteiger partial charge in [0.2, 0.25) is 0 Å². The predicted octanol–water partition coefficient (Wildman–Crippen LogP) is 6.23. The first-order chi connectivity index (χ1) is 20.4. The van der Waals surface area contributed by atoms with Crippen LogP contribution in [0.2, 0.25) is 0 Å². The number of anilines is 1. The molecular weight excluding hydrogens is 591 g/mol. The van der Waals surface area contributed by atoms with E-state index in [1.54, 1.807) is 40.3 Å². The minimum atomic E-state index is -4.69. The molecule has 1 aromatic heterocycles. The third-order valence-electron chi connectivity index (χ3n) is 8.69. The van der Waals surface area contributed by atoms with Gasteiger partial charge >= 0.3 is 6.18 Å². The van der Waals surface area contributed by atoms with Crippen molar-refractivity contribution in [2.24, 2.45) is 12.5 Å². The summed E-state index contributed by atoms with van der Waals surface area (Å²) in [6, 6.07) is 9.31. The highest BCUT2D eigenvalue weighted by molar-refractivity contribution is 7.84. The van der Waals surface area contributed by atoms with Crippen molar-refractivity contribution in [1.29, 1.82) is 0 Å². The summed E-state index contributed by atoms with van der Waals surface area (Å²) < 4.78 is 66.7. The number of alkyl halides is 3. The second-order valence-electron chi connectivity index (χ2n) is 13.9. The molecule has 2 atom stereocenters. The molecule has 0 spiro atoms. The fourth-order valence-electron chi connectivity index (χ4n) is 6.21. The maximum atomic E-state index is 14.6. The molecule has 1 unspecified atom stereocenters. The number of nitrogens with zero attached hydrogens (tertiary/aromatic N) is 4. The number of nitrogens with one attached hydrogen (secondary N) is 1. The van der Waals surface area contributed by atoms with Gasteiger partial charge < -0.3 is 14.2 Å². The van der Waals surface area contributed by atoms with Crippen LogP contribution in [0.1, 0.15) is 98.9 Å². The van der Waals surface area contributed by atoms with Crippen molar-refractivity contribution in [3.63, 3.8) is 0 Å². The number of aryl methyl sites for hydroxylation is 1. The number of rotatable bonds is 7. The van der Waals surface area contributed by atoms with Crippen LogP contribution in [0.4, 0.5) is 18.9 Å². The summed E-state index contributed by atoms with van der Waals surface area (Å²) in [7, 11) is 1.97. The first-order valence-electron chi connectivity index (χ1n) is 14.6. The number of hydrogen-bond acceptors (Lipinski definition) is 5. The number of ether oxygens (including phenoxy) is 1. The van der Waals surface area contributed by atoms with Gasteiger partial charge in [-0.25, -0.2) is 8.93 Å². The molecule has 3 aromatic rings. The largest absolute Gasteiger partial charge is 0.416 e. The highest BCUT2D eigenvalue weighted by atomic mass is 32.2. The Labute approximate surface area is 259 Å². The lowest BCUT2D eigenvalue weighted by molar-refractivity contribution is -0.138. The number of benzene rings is 2. The van der Waals surface area contributed by atoms with Crippen LogP contribution in [0, 0.1) is 5.41 Å². The van der Waals surface area contributed by atoms with E-state index < -0.39 is 50.3 Å². The minimum Gasteiger partial charge on any atom is -0.381 e. The number of amides is 1. The molecule has 1 saturated carbocycles. The molecular formula is C32H40F3N5O3S. The van der Waals surface area contributed by atoms with Crippen molar-refractivity contribution >= 4 is 22.6 Å². The van der Waals surface area contributed by atoms with E-state index >= 15 is 0 Å². The molecule has 1 fully saturated rings. The zero-order chi connectivity index (χ0) is 32.4. The van der Waals surface area contributed by atoms with Crippen LogP contribution in [0.3, 0.4) is 0 Å². The van der Waals surface area contributed by atoms with Crippen molar-refractivity contribution in [2.45, 2.75) is 89.4 Å². The predicted molar refractivity (Wildman–Crippen MR) is 163 cm³/mol. The third-order valence-corrected chi connectivity index (χ3v) is 10.2. The average Bonchev–Trinajstić information content (AvgIpc) is 3.48. The Bertz CT molecular complexity index is 1600. The first kappa shape index (κ1) is 32.3. The fourth-order valence-corrected chi connectivity index (χ4v) is 7.26. The van der Waals surface area contributed by atoms with E-state index in [-0.39, 0.29) is 29.3 Å². The van der Waals surface area contributed by atoms with Gasteiger partial charge in [-0.05, 0) is 80.0 Å². The molecule has 12 heteroatoms. The van der Waals surface area contributed by atoms with Crippen molar-refractivity contribution in [1.82, 2.24) is 19.5 Å². The standard InChI is InChI=1S/C32H40F3N5O3S/c1-29(2,3)26(38-44(42)30(4,5)6)19-12-23-24(25(13-19)32(33,34)35)17-40(27(23)41)21-11-9-10-20(14-21)31(15-22(16-31)43-8)28-37-36-18-39(28)7/h9-14,18,22,26,38H,15-17H2,1-8H3/t22?,26-,31?,44?/m1/s1. The second kappa shape index (κ2) is 11.1. The normalized spacial score (nSPS) is 22.1. The van der Waals surface area contributed by atoms with Crippen LogP contribution >= 0.6 is 0 Å². The lowest BCUT2D eigenvalue weighted by Gasteiger charge is -2.46. The molecule has 8 nitrogen and oxygen atoms in total. The molecule has 1 aliphatic carbocycles. The Morgan fingerprint density at radius 3 is 2.32 bits per heavy atom. The maximum Gasteiger partial charge on any atom is 0.416 e. The molecule has 0 saturated heterocycles. The Hall–Kier alpha value is -3.09. The van der Waals surface area contributed by atoms with Gasteiger partial charge in [0.1, 0.15) is 12.2 Å². The SMILES string of the molecule is COC1CC(c2cccc(N3Cc4c(cc([C@@H](NS(=O)C(C)(C)C)C(C)(C)C)cc4C(F)(F)F)C3=O)c2)(c2nncn2C)C1. The number of carbonyl (C=O) groups is 1. The van der Waals surface area contributed by atoms with Gasteiger partial charge in [0.05, 0.1) is 39.4 Å². The average molecular weight is 632 g/mol. The quantitative estimate of drug-likeness (QED) is 0.334. The zero-order valence-electron chi connectivity index (χ0n) is 26.4. The highest BCUT2D eigenvalue weighted by Gasteiger charge is 2.51. The van der Waals surface area contributed by atoms with Crippen LogP contribution in [0.25, 0.3) is 0 Å². The van der Waals surface area contributed by atoms with Gasteiger partial charge in [-0.1, -0.05) is 32.9 Å². The second-order valence-corrected chi connectivity index (χ2v) is 15.9. The van der Waals surface area contributed by atoms with Gasteiger partial charge in [0.25, 0.3) is 5.91 Å². The maximum absolute atomic E-state index is 14.6. The molecule has 44 heavy (non-hydrogen) atoms.